The summed E-state index contributed by atoms with van der Waals surface area (Å²) in [7, 11) is 1.78. The minimum absolute atomic E-state index is 0.0197. The molecule has 0 fully saturated rings. The third-order valence-corrected chi connectivity index (χ3v) is 3.59. The smallest absolute Gasteiger partial charge is 0.224 e. The molecule has 1 amide bonds. The molecule has 0 spiro atoms. The van der Waals surface area contributed by atoms with Crippen LogP contribution in [0, 0.1) is 0 Å². The minimum atomic E-state index is -0.277. The molecular formula is C17H19ClN2O. The molecule has 2 rings (SSSR count). The van der Waals surface area contributed by atoms with Crippen LogP contribution in [0.5, 0.6) is 0 Å². The van der Waals surface area contributed by atoms with Crippen LogP contribution < -0.4 is 5.73 Å². The van der Waals surface area contributed by atoms with Gasteiger partial charge in [-0.05, 0) is 23.3 Å². The molecule has 0 saturated heterocycles. The highest BCUT2D eigenvalue weighted by molar-refractivity contribution is 6.30. The second kappa shape index (κ2) is 7.25. The number of carbonyl (C=O) groups excluding carboxylic acids is 1. The highest BCUT2D eigenvalue weighted by Gasteiger charge is 2.15. The summed E-state index contributed by atoms with van der Waals surface area (Å²) in [5, 5.41) is 0.675. The van der Waals surface area contributed by atoms with E-state index in [9.17, 15) is 4.79 Å². The van der Waals surface area contributed by atoms with Gasteiger partial charge in [-0.15, -0.1) is 0 Å². The van der Waals surface area contributed by atoms with E-state index in [1.807, 2.05) is 54.6 Å². The number of benzene rings is 2. The van der Waals surface area contributed by atoms with Gasteiger partial charge in [0.15, 0.2) is 0 Å². The van der Waals surface area contributed by atoms with E-state index < -0.39 is 0 Å². The molecule has 3 nitrogen and oxygen atoms in total. The zero-order valence-corrected chi connectivity index (χ0v) is 12.8. The van der Waals surface area contributed by atoms with Gasteiger partial charge in [-0.25, -0.2) is 0 Å². The summed E-state index contributed by atoms with van der Waals surface area (Å²) in [4.78, 5) is 13.9. The largest absolute Gasteiger partial charge is 0.341 e. The first-order valence-electron chi connectivity index (χ1n) is 6.85. The number of nitrogens with zero attached hydrogens (tertiary/aromatic N) is 1. The van der Waals surface area contributed by atoms with Crippen molar-refractivity contribution in [3.63, 3.8) is 0 Å². The van der Waals surface area contributed by atoms with Gasteiger partial charge in [-0.2, -0.15) is 0 Å². The van der Waals surface area contributed by atoms with E-state index in [0.29, 0.717) is 18.0 Å². The fourth-order valence-corrected chi connectivity index (χ4v) is 2.37. The van der Waals surface area contributed by atoms with Gasteiger partial charge in [0, 0.05) is 31.1 Å². The fraction of sp³-hybridized carbons (Fsp3) is 0.235. The fourth-order valence-electron chi connectivity index (χ4n) is 2.16. The zero-order chi connectivity index (χ0) is 15.2. The van der Waals surface area contributed by atoms with Crippen molar-refractivity contribution in [3.8, 4) is 0 Å². The Morgan fingerprint density at radius 2 is 1.90 bits per heavy atom. The van der Waals surface area contributed by atoms with E-state index in [-0.39, 0.29) is 11.9 Å². The van der Waals surface area contributed by atoms with Crippen LogP contribution in [0.25, 0.3) is 0 Å². The lowest BCUT2D eigenvalue weighted by molar-refractivity contribution is -0.130. The SMILES string of the molecule is CN(Cc1cccc(Cl)c1)C(=O)CC(N)c1ccccc1. The Labute approximate surface area is 130 Å². The number of rotatable bonds is 5. The average Bonchev–Trinajstić information content (AvgIpc) is 2.48. The standard InChI is InChI=1S/C17H19ClN2O/c1-20(12-13-6-5-9-15(18)10-13)17(21)11-16(19)14-7-3-2-4-8-14/h2-10,16H,11-12,19H2,1H3. The summed E-state index contributed by atoms with van der Waals surface area (Å²) >= 11 is 5.95. The van der Waals surface area contributed by atoms with Crippen LogP contribution >= 0.6 is 11.6 Å². The molecule has 1 atom stereocenters. The molecule has 0 aliphatic rings. The zero-order valence-electron chi connectivity index (χ0n) is 12.0. The molecular weight excluding hydrogens is 284 g/mol. The molecule has 0 bridgehead atoms. The van der Waals surface area contributed by atoms with E-state index in [4.69, 9.17) is 17.3 Å². The number of hydrogen-bond acceptors (Lipinski definition) is 2. The molecule has 0 heterocycles. The van der Waals surface area contributed by atoms with Crippen LogP contribution in [0.4, 0.5) is 0 Å². The molecule has 2 N–H and O–H groups in total. The Morgan fingerprint density at radius 3 is 2.57 bits per heavy atom. The predicted molar refractivity (Wildman–Crippen MR) is 85.9 cm³/mol. The molecule has 110 valence electrons. The summed E-state index contributed by atoms with van der Waals surface area (Å²) in [6.45, 7) is 0.529. The predicted octanol–water partition coefficient (Wildman–Crippen LogP) is 3.39. The summed E-state index contributed by atoms with van der Waals surface area (Å²) in [6.07, 6.45) is 0.293. The number of halogens is 1. The average molecular weight is 303 g/mol. The third kappa shape index (κ3) is 4.59. The maximum Gasteiger partial charge on any atom is 0.224 e. The molecule has 0 aliphatic carbocycles. The normalized spacial score (nSPS) is 12.0. The van der Waals surface area contributed by atoms with Gasteiger partial charge in [0.05, 0.1) is 0 Å². The van der Waals surface area contributed by atoms with Crippen molar-refractivity contribution in [1.29, 1.82) is 0 Å². The topological polar surface area (TPSA) is 46.3 Å². The van der Waals surface area contributed by atoms with Crippen LogP contribution in [-0.2, 0) is 11.3 Å². The van der Waals surface area contributed by atoms with Gasteiger partial charge < -0.3 is 10.6 Å². The van der Waals surface area contributed by atoms with Crippen molar-refractivity contribution in [2.75, 3.05) is 7.05 Å². The lowest BCUT2D eigenvalue weighted by atomic mass is 10.0. The lowest BCUT2D eigenvalue weighted by Crippen LogP contribution is -2.29. The Morgan fingerprint density at radius 1 is 1.19 bits per heavy atom. The van der Waals surface area contributed by atoms with E-state index in [1.165, 1.54) is 0 Å². The number of nitrogens with two attached hydrogens (primary N) is 1. The van der Waals surface area contributed by atoms with Crippen molar-refractivity contribution >= 4 is 17.5 Å². The minimum Gasteiger partial charge on any atom is -0.341 e. The molecule has 0 radical (unpaired) electrons. The van der Waals surface area contributed by atoms with Crippen LogP contribution in [-0.4, -0.2) is 17.9 Å². The van der Waals surface area contributed by atoms with Gasteiger partial charge in [-0.1, -0.05) is 54.1 Å². The van der Waals surface area contributed by atoms with Crippen LogP contribution in [0.15, 0.2) is 54.6 Å². The first-order valence-corrected chi connectivity index (χ1v) is 7.23. The summed E-state index contributed by atoms with van der Waals surface area (Å²) < 4.78 is 0. The third-order valence-electron chi connectivity index (χ3n) is 3.36. The monoisotopic (exact) mass is 302 g/mol. The van der Waals surface area contributed by atoms with Crippen molar-refractivity contribution in [2.24, 2.45) is 5.73 Å². The van der Waals surface area contributed by atoms with Crippen LogP contribution in [0.2, 0.25) is 5.02 Å². The van der Waals surface area contributed by atoms with E-state index in [1.54, 1.807) is 11.9 Å². The lowest BCUT2D eigenvalue weighted by Gasteiger charge is -2.20. The molecule has 2 aromatic carbocycles. The molecule has 0 aromatic heterocycles. The number of hydrogen-bond donors (Lipinski definition) is 1. The molecule has 21 heavy (non-hydrogen) atoms. The summed E-state index contributed by atoms with van der Waals surface area (Å²) in [5.41, 5.74) is 8.06. The van der Waals surface area contributed by atoms with Crippen molar-refractivity contribution in [2.45, 2.75) is 19.0 Å². The van der Waals surface area contributed by atoms with Crippen molar-refractivity contribution in [1.82, 2.24) is 4.90 Å². The molecule has 1 unspecified atom stereocenters. The van der Waals surface area contributed by atoms with Gasteiger partial charge in [-0.3, -0.25) is 4.79 Å². The first-order chi connectivity index (χ1) is 10.1. The molecule has 0 aliphatic heterocycles. The van der Waals surface area contributed by atoms with Gasteiger partial charge in [0.2, 0.25) is 5.91 Å². The van der Waals surface area contributed by atoms with Crippen molar-refractivity contribution in [3.05, 3.63) is 70.7 Å². The van der Waals surface area contributed by atoms with Crippen LogP contribution in [0.3, 0.4) is 0 Å². The highest BCUT2D eigenvalue weighted by Crippen LogP contribution is 2.16. The Kier molecular flexibility index (Phi) is 5.37. The quantitative estimate of drug-likeness (QED) is 0.920. The van der Waals surface area contributed by atoms with Crippen molar-refractivity contribution < 1.29 is 4.79 Å². The maximum absolute atomic E-state index is 12.2. The Balaban J connectivity index is 1.94. The van der Waals surface area contributed by atoms with E-state index >= 15 is 0 Å². The summed E-state index contributed by atoms with van der Waals surface area (Å²) in [6, 6.07) is 16.9. The van der Waals surface area contributed by atoms with Gasteiger partial charge in [0.25, 0.3) is 0 Å². The Hall–Kier alpha value is -1.84. The summed E-state index contributed by atoms with van der Waals surface area (Å²) in [5.74, 6) is 0.0197. The van der Waals surface area contributed by atoms with Crippen LogP contribution in [0.1, 0.15) is 23.6 Å². The molecule has 0 saturated carbocycles. The first kappa shape index (κ1) is 15.5. The van der Waals surface area contributed by atoms with E-state index in [2.05, 4.69) is 0 Å². The van der Waals surface area contributed by atoms with Gasteiger partial charge in [0.1, 0.15) is 0 Å². The second-order valence-corrected chi connectivity index (χ2v) is 5.54. The molecule has 4 heteroatoms. The maximum atomic E-state index is 12.2. The number of amides is 1. The Bertz CT molecular complexity index is 601. The second-order valence-electron chi connectivity index (χ2n) is 5.10. The molecule has 2 aromatic rings. The number of carbonyl (C=O) groups is 1. The highest BCUT2D eigenvalue weighted by atomic mass is 35.5. The van der Waals surface area contributed by atoms with Gasteiger partial charge >= 0.3 is 0 Å². The van der Waals surface area contributed by atoms with E-state index in [0.717, 1.165) is 11.1 Å².